The van der Waals surface area contributed by atoms with E-state index in [-0.39, 0.29) is 5.91 Å². The summed E-state index contributed by atoms with van der Waals surface area (Å²) in [6.45, 7) is 1.87. The molecule has 1 aromatic carbocycles. The molecule has 0 bridgehead atoms. The first kappa shape index (κ1) is 20.1. The molecule has 1 aliphatic heterocycles. The van der Waals surface area contributed by atoms with Gasteiger partial charge >= 0.3 is 0 Å². The van der Waals surface area contributed by atoms with Crippen LogP contribution in [0.3, 0.4) is 0 Å². The summed E-state index contributed by atoms with van der Waals surface area (Å²) in [5.74, 6) is 0.890. The van der Waals surface area contributed by atoms with E-state index in [1.807, 2.05) is 43.3 Å². The van der Waals surface area contributed by atoms with E-state index in [9.17, 15) is 4.79 Å². The van der Waals surface area contributed by atoms with E-state index in [0.717, 1.165) is 15.6 Å². The molecule has 32 heavy (non-hydrogen) atoms. The molecule has 2 N–H and O–H groups in total. The van der Waals surface area contributed by atoms with Crippen molar-refractivity contribution in [1.29, 1.82) is 0 Å². The van der Waals surface area contributed by atoms with Gasteiger partial charge in [0.1, 0.15) is 6.04 Å². The van der Waals surface area contributed by atoms with Crippen molar-refractivity contribution < 1.29 is 4.79 Å². The van der Waals surface area contributed by atoms with Crippen molar-refractivity contribution in [2.45, 2.75) is 13.0 Å². The number of nitrogens with zero attached hydrogens (tertiary/aromatic N) is 5. The highest BCUT2D eigenvalue weighted by molar-refractivity contribution is 9.10. The van der Waals surface area contributed by atoms with Crippen LogP contribution in [0, 0.1) is 0 Å². The number of hydrogen-bond donors (Lipinski definition) is 2. The Morgan fingerprint density at radius 1 is 1.06 bits per heavy atom. The molecule has 0 saturated carbocycles. The minimum absolute atomic E-state index is 0.234. The molecule has 5 rings (SSSR count). The van der Waals surface area contributed by atoms with Crippen LogP contribution in [0.5, 0.6) is 0 Å². The number of nitrogens with one attached hydrogen (secondary N) is 2. The van der Waals surface area contributed by atoms with Gasteiger partial charge in [0.25, 0.3) is 5.91 Å². The zero-order chi connectivity index (χ0) is 22.1. The third-order valence-electron chi connectivity index (χ3n) is 5.14. The molecule has 9 heteroatoms. The lowest BCUT2D eigenvalue weighted by Crippen LogP contribution is -2.31. The molecule has 0 saturated heterocycles. The predicted octanol–water partition coefficient (Wildman–Crippen LogP) is 4.43. The highest BCUT2D eigenvalue weighted by Gasteiger charge is 2.34. The van der Waals surface area contributed by atoms with Crippen LogP contribution < -0.4 is 10.6 Å². The Morgan fingerprint density at radius 2 is 1.84 bits per heavy atom. The molecule has 1 unspecified atom stereocenters. The first-order valence-corrected chi connectivity index (χ1v) is 10.7. The van der Waals surface area contributed by atoms with Gasteiger partial charge in [-0.3, -0.25) is 14.8 Å². The quantitative estimate of drug-likeness (QED) is 0.441. The van der Waals surface area contributed by atoms with E-state index in [2.05, 4.69) is 41.5 Å². The van der Waals surface area contributed by atoms with Crippen LogP contribution >= 0.6 is 15.9 Å². The van der Waals surface area contributed by atoms with Gasteiger partial charge in [0.15, 0.2) is 5.82 Å². The summed E-state index contributed by atoms with van der Waals surface area (Å²) in [5, 5.41) is 10.9. The van der Waals surface area contributed by atoms with Crippen LogP contribution in [0.1, 0.15) is 18.5 Å². The van der Waals surface area contributed by atoms with Gasteiger partial charge in [-0.2, -0.15) is 4.98 Å². The van der Waals surface area contributed by atoms with Gasteiger partial charge in [-0.15, -0.1) is 5.10 Å². The van der Waals surface area contributed by atoms with E-state index in [4.69, 9.17) is 5.10 Å². The summed E-state index contributed by atoms with van der Waals surface area (Å²) in [7, 11) is 0. The van der Waals surface area contributed by atoms with E-state index in [1.165, 1.54) is 0 Å². The van der Waals surface area contributed by atoms with Crippen LogP contribution in [0.4, 0.5) is 11.6 Å². The first-order chi connectivity index (χ1) is 15.6. The number of rotatable bonds is 4. The van der Waals surface area contributed by atoms with Gasteiger partial charge < -0.3 is 10.6 Å². The fourth-order valence-electron chi connectivity index (χ4n) is 3.66. The average molecular weight is 488 g/mol. The zero-order valence-electron chi connectivity index (χ0n) is 17.0. The van der Waals surface area contributed by atoms with E-state index in [0.29, 0.717) is 28.7 Å². The van der Waals surface area contributed by atoms with Crippen molar-refractivity contribution in [2.24, 2.45) is 0 Å². The Hall–Kier alpha value is -3.85. The van der Waals surface area contributed by atoms with Crippen LogP contribution in [-0.4, -0.2) is 30.6 Å². The number of pyridine rings is 2. The Morgan fingerprint density at radius 3 is 2.56 bits per heavy atom. The third-order valence-corrected chi connectivity index (χ3v) is 5.67. The smallest absolute Gasteiger partial charge is 0.255 e. The van der Waals surface area contributed by atoms with Gasteiger partial charge in [-0.1, -0.05) is 28.1 Å². The molecule has 158 valence electrons. The highest BCUT2D eigenvalue weighted by atomic mass is 79.9. The van der Waals surface area contributed by atoms with Gasteiger partial charge in [0.05, 0.1) is 17.5 Å². The number of amides is 1. The van der Waals surface area contributed by atoms with Crippen molar-refractivity contribution in [3.8, 4) is 11.4 Å². The second-order valence-corrected chi connectivity index (χ2v) is 8.17. The lowest BCUT2D eigenvalue weighted by molar-refractivity contribution is -0.113. The van der Waals surface area contributed by atoms with Crippen molar-refractivity contribution in [3.05, 3.63) is 94.6 Å². The number of fused-ring (bicyclic) bond motifs is 1. The molecule has 3 aromatic heterocycles. The molecule has 8 nitrogen and oxygen atoms in total. The summed E-state index contributed by atoms with van der Waals surface area (Å²) in [4.78, 5) is 26.2. The van der Waals surface area contributed by atoms with E-state index < -0.39 is 6.04 Å². The van der Waals surface area contributed by atoms with Crippen molar-refractivity contribution in [2.75, 3.05) is 10.6 Å². The topological polar surface area (TPSA) is 97.6 Å². The van der Waals surface area contributed by atoms with Crippen molar-refractivity contribution in [1.82, 2.24) is 24.7 Å². The number of hydrogen-bond acceptors (Lipinski definition) is 6. The molecule has 0 spiro atoms. The molecule has 1 amide bonds. The first-order valence-electron chi connectivity index (χ1n) is 9.92. The van der Waals surface area contributed by atoms with Gasteiger partial charge in [0, 0.05) is 34.3 Å². The molecule has 4 aromatic rings. The van der Waals surface area contributed by atoms with Crippen LogP contribution in [0.25, 0.3) is 11.4 Å². The molecule has 1 aliphatic rings. The molecule has 1 atom stereocenters. The number of carbonyl (C=O) groups is 1. The normalized spacial score (nSPS) is 15.1. The minimum atomic E-state index is -0.459. The molecular weight excluding hydrogens is 470 g/mol. The second-order valence-electron chi connectivity index (χ2n) is 7.25. The van der Waals surface area contributed by atoms with Crippen LogP contribution in [0.2, 0.25) is 0 Å². The molecule has 4 heterocycles. The number of anilines is 2. The molecule has 0 aliphatic carbocycles. The van der Waals surface area contributed by atoms with Crippen molar-refractivity contribution >= 4 is 33.5 Å². The number of allylic oxidation sites excluding steroid dienone is 1. The summed E-state index contributed by atoms with van der Waals surface area (Å²) >= 11 is 3.48. The summed E-state index contributed by atoms with van der Waals surface area (Å²) < 4.78 is 2.71. The van der Waals surface area contributed by atoms with E-state index >= 15 is 0 Å². The lowest BCUT2D eigenvalue weighted by Gasteiger charge is -2.28. The zero-order valence-corrected chi connectivity index (χ0v) is 18.6. The predicted molar refractivity (Wildman–Crippen MR) is 125 cm³/mol. The monoisotopic (exact) mass is 487 g/mol. The SMILES string of the molecule is CC1=C(C(=O)Nc2cccnc2)C(c2ccc(Br)cc2)n2nc(-c3ccncc3)nc2N1. The Balaban J connectivity index is 1.60. The maximum absolute atomic E-state index is 13.4. The fraction of sp³-hybridized carbons (Fsp3) is 0.0870. The number of carbonyl (C=O) groups excluding carboxylic acids is 1. The number of benzene rings is 1. The number of aromatic nitrogens is 5. The molecule has 0 fully saturated rings. The average Bonchev–Trinajstić information content (AvgIpc) is 3.23. The molecular formula is C23H18BrN7O. The lowest BCUT2D eigenvalue weighted by atomic mass is 9.95. The van der Waals surface area contributed by atoms with E-state index in [1.54, 1.807) is 41.6 Å². The van der Waals surface area contributed by atoms with Crippen LogP contribution in [-0.2, 0) is 4.79 Å². The van der Waals surface area contributed by atoms with Crippen molar-refractivity contribution in [3.63, 3.8) is 0 Å². The van der Waals surface area contributed by atoms with Gasteiger partial charge in [-0.25, -0.2) is 4.68 Å². The highest BCUT2D eigenvalue weighted by Crippen LogP contribution is 2.37. The van der Waals surface area contributed by atoms with Crippen LogP contribution in [0.15, 0.2) is 89.1 Å². The van der Waals surface area contributed by atoms with Gasteiger partial charge in [0.2, 0.25) is 5.95 Å². The third kappa shape index (κ3) is 3.78. The maximum atomic E-state index is 13.4. The van der Waals surface area contributed by atoms with Gasteiger partial charge in [-0.05, 0) is 48.9 Å². The summed E-state index contributed by atoms with van der Waals surface area (Å²) in [6.07, 6.45) is 6.67. The Kier molecular flexibility index (Phi) is 5.24. The Labute approximate surface area is 192 Å². The standard InChI is InChI=1S/C23H18BrN7O/c1-14-19(22(32)28-18-3-2-10-26-13-18)20(15-4-6-17(24)7-5-15)31-23(27-14)29-21(30-31)16-8-11-25-12-9-16/h2-13,20H,1H3,(H,28,32)(H,27,29,30). The fourth-order valence-corrected chi connectivity index (χ4v) is 3.92. The maximum Gasteiger partial charge on any atom is 0.255 e. The molecule has 0 radical (unpaired) electrons. The summed E-state index contributed by atoms with van der Waals surface area (Å²) in [5.41, 5.74) is 3.64. The second kappa shape index (κ2) is 8.35. The Bertz CT molecular complexity index is 1300. The summed E-state index contributed by atoms with van der Waals surface area (Å²) in [6, 6.07) is 14.7. The number of halogens is 1. The minimum Gasteiger partial charge on any atom is -0.328 e. The largest absolute Gasteiger partial charge is 0.328 e.